The van der Waals surface area contributed by atoms with E-state index < -0.39 is 11.6 Å². The zero-order valence-corrected chi connectivity index (χ0v) is 18.8. The molecule has 0 saturated heterocycles. The minimum absolute atomic E-state index is 0.102. The number of nitrogens with zero attached hydrogens (tertiary/aromatic N) is 1. The molecular formula is C24H31N3O4. The molecule has 7 nitrogen and oxygen atoms in total. The van der Waals surface area contributed by atoms with Gasteiger partial charge in [0.15, 0.2) is 11.5 Å². The molecule has 1 atom stereocenters. The molecule has 1 heterocycles. The van der Waals surface area contributed by atoms with Crippen LogP contribution in [0.5, 0.6) is 11.5 Å². The van der Waals surface area contributed by atoms with Crippen molar-refractivity contribution in [1.29, 1.82) is 0 Å². The largest absolute Gasteiger partial charge is 0.493 e. The van der Waals surface area contributed by atoms with Crippen LogP contribution in [0.25, 0.3) is 0 Å². The van der Waals surface area contributed by atoms with Gasteiger partial charge >= 0.3 is 6.03 Å². The van der Waals surface area contributed by atoms with Gasteiger partial charge in [0.05, 0.1) is 26.8 Å². The summed E-state index contributed by atoms with van der Waals surface area (Å²) in [6.07, 6.45) is 0.764. The van der Waals surface area contributed by atoms with Crippen molar-refractivity contribution < 1.29 is 19.1 Å². The van der Waals surface area contributed by atoms with Crippen LogP contribution in [0, 0.1) is 0 Å². The van der Waals surface area contributed by atoms with Crippen molar-refractivity contribution in [1.82, 2.24) is 15.5 Å². The number of fused-ring (bicyclic) bond motifs is 1. The Morgan fingerprint density at radius 2 is 1.71 bits per heavy atom. The molecule has 0 aliphatic carbocycles. The molecule has 0 bridgehead atoms. The summed E-state index contributed by atoms with van der Waals surface area (Å²) in [5.41, 5.74) is 2.88. The van der Waals surface area contributed by atoms with E-state index in [9.17, 15) is 9.59 Å². The molecule has 31 heavy (non-hydrogen) atoms. The summed E-state index contributed by atoms with van der Waals surface area (Å²) in [6.45, 7) is 6.38. The molecule has 1 unspecified atom stereocenters. The monoisotopic (exact) mass is 425 g/mol. The SMILES string of the molecule is COc1cc2c(cc1OC)C(c1ccccc1)N(CC(=O)NC(=O)NC(C)(C)C)CC2. The van der Waals surface area contributed by atoms with E-state index in [1.165, 1.54) is 0 Å². The molecule has 0 spiro atoms. The lowest BCUT2D eigenvalue weighted by atomic mass is 9.87. The highest BCUT2D eigenvalue weighted by Crippen LogP contribution is 2.40. The van der Waals surface area contributed by atoms with Gasteiger partial charge in [-0.15, -0.1) is 0 Å². The Bertz CT molecular complexity index is 938. The Hall–Kier alpha value is -3.06. The van der Waals surface area contributed by atoms with Crippen molar-refractivity contribution in [2.24, 2.45) is 0 Å². The molecule has 1 aliphatic heterocycles. The van der Waals surface area contributed by atoms with E-state index in [0.717, 1.165) is 23.1 Å². The second-order valence-corrected chi connectivity index (χ2v) is 8.69. The number of hydrogen-bond acceptors (Lipinski definition) is 5. The third-order valence-corrected chi connectivity index (χ3v) is 5.18. The quantitative estimate of drug-likeness (QED) is 0.769. The molecule has 0 aromatic heterocycles. The summed E-state index contributed by atoms with van der Waals surface area (Å²) in [5.74, 6) is 1.00. The number of imide groups is 1. The van der Waals surface area contributed by atoms with E-state index in [-0.39, 0.29) is 18.5 Å². The van der Waals surface area contributed by atoms with Crippen molar-refractivity contribution in [3.63, 3.8) is 0 Å². The van der Waals surface area contributed by atoms with Gasteiger partial charge in [0.25, 0.3) is 0 Å². The van der Waals surface area contributed by atoms with Crippen LogP contribution in [-0.2, 0) is 11.2 Å². The topological polar surface area (TPSA) is 79.9 Å². The van der Waals surface area contributed by atoms with Crippen LogP contribution < -0.4 is 20.1 Å². The summed E-state index contributed by atoms with van der Waals surface area (Å²) in [4.78, 5) is 26.9. The third kappa shape index (κ3) is 5.55. The number of ether oxygens (including phenoxy) is 2. The highest BCUT2D eigenvalue weighted by Gasteiger charge is 2.32. The van der Waals surface area contributed by atoms with Crippen molar-refractivity contribution >= 4 is 11.9 Å². The third-order valence-electron chi connectivity index (χ3n) is 5.18. The number of urea groups is 1. The Morgan fingerprint density at radius 3 is 2.32 bits per heavy atom. The molecule has 2 N–H and O–H groups in total. The zero-order valence-electron chi connectivity index (χ0n) is 18.8. The van der Waals surface area contributed by atoms with Crippen LogP contribution >= 0.6 is 0 Å². The van der Waals surface area contributed by atoms with Crippen molar-refractivity contribution in [2.45, 2.75) is 38.8 Å². The molecular weight excluding hydrogens is 394 g/mol. The standard InChI is InChI=1S/C24H31N3O4/c1-24(2,3)26-23(29)25-21(28)15-27-12-11-17-13-19(30-4)20(31-5)14-18(17)22(27)16-9-7-6-8-10-16/h6-10,13-14,22H,11-12,15H2,1-5H3,(H2,25,26,28,29). The predicted molar refractivity (Wildman–Crippen MR) is 120 cm³/mol. The van der Waals surface area contributed by atoms with E-state index in [1.807, 2.05) is 63.2 Å². The van der Waals surface area contributed by atoms with Gasteiger partial charge in [-0.05, 0) is 56.0 Å². The molecule has 0 fully saturated rings. The van der Waals surface area contributed by atoms with Crippen LogP contribution in [0.3, 0.4) is 0 Å². The summed E-state index contributed by atoms with van der Waals surface area (Å²) in [6, 6.07) is 13.4. The number of hydrogen-bond donors (Lipinski definition) is 2. The van der Waals surface area contributed by atoms with Gasteiger partial charge in [0.2, 0.25) is 5.91 Å². The van der Waals surface area contributed by atoms with Gasteiger partial charge in [-0.3, -0.25) is 15.0 Å². The molecule has 7 heteroatoms. The van der Waals surface area contributed by atoms with Crippen LogP contribution in [0.2, 0.25) is 0 Å². The molecule has 1 aliphatic rings. The minimum atomic E-state index is -0.488. The molecule has 166 valence electrons. The first-order chi connectivity index (χ1) is 14.7. The molecule has 2 aromatic rings. The van der Waals surface area contributed by atoms with Crippen molar-refractivity contribution in [2.75, 3.05) is 27.3 Å². The van der Waals surface area contributed by atoms with E-state index in [1.54, 1.807) is 14.2 Å². The van der Waals surface area contributed by atoms with Gasteiger partial charge in [-0.25, -0.2) is 4.79 Å². The van der Waals surface area contributed by atoms with Crippen LogP contribution in [-0.4, -0.2) is 49.7 Å². The Morgan fingerprint density at radius 1 is 1.06 bits per heavy atom. The Balaban J connectivity index is 1.89. The summed E-state index contributed by atoms with van der Waals surface area (Å²) < 4.78 is 11.0. The summed E-state index contributed by atoms with van der Waals surface area (Å²) in [7, 11) is 3.24. The van der Waals surface area contributed by atoms with Gasteiger partial charge in [0.1, 0.15) is 0 Å². The van der Waals surface area contributed by atoms with Gasteiger partial charge < -0.3 is 14.8 Å². The van der Waals surface area contributed by atoms with Crippen LogP contribution in [0.4, 0.5) is 4.79 Å². The maximum absolute atomic E-state index is 12.7. The fourth-order valence-corrected chi connectivity index (χ4v) is 3.92. The number of amides is 3. The highest BCUT2D eigenvalue weighted by atomic mass is 16.5. The number of rotatable bonds is 5. The van der Waals surface area contributed by atoms with Crippen molar-refractivity contribution in [3.8, 4) is 11.5 Å². The number of methoxy groups -OCH3 is 2. The Labute approximate surface area is 183 Å². The maximum atomic E-state index is 12.7. The first-order valence-corrected chi connectivity index (χ1v) is 10.4. The predicted octanol–water partition coefficient (Wildman–Crippen LogP) is 3.28. The fourth-order valence-electron chi connectivity index (χ4n) is 3.92. The number of carbonyl (C=O) groups excluding carboxylic acids is 2. The summed E-state index contributed by atoms with van der Waals surface area (Å²) >= 11 is 0. The second kappa shape index (κ2) is 9.39. The van der Waals surface area contributed by atoms with E-state index in [0.29, 0.717) is 18.0 Å². The first kappa shape index (κ1) is 22.6. The molecule has 2 aromatic carbocycles. The lowest BCUT2D eigenvalue weighted by Gasteiger charge is -2.37. The highest BCUT2D eigenvalue weighted by molar-refractivity contribution is 5.95. The average Bonchev–Trinajstić information content (AvgIpc) is 2.71. The van der Waals surface area contributed by atoms with Crippen molar-refractivity contribution in [3.05, 3.63) is 59.2 Å². The van der Waals surface area contributed by atoms with E-state index >= 15 is 0 Å². The van der Waals surface area contributed by atoms with E-state index in [4.69, 9.17) is 9.47 Å². The lowest BCUT2D eigenvalue weighted by molar-refractivity contribution is -0.121. The minimum Gasteiger partial charge on any atom is -0.493 e. The number of nitrogens with one attached hydrogen (secondary N) is 2. The molecule has 0 saturated carbocycles. The first-order valence-electron chi connectivity index (χ1n) is 10.4. The zero-order chi connectivity index (χ0) is 22.6. The van der Waals surface area contributed by atoms with E-state index in [2.05, 4.69) is 15.5 Å². The second-order valence-electron chi connectivity index (χ2n) is 8.69. The maximum Gasteiger partial charge on any atom is 0.321 e. The summed E-state index contributed by atoms with van der Waals surface area (Å²) in [5, 5.41) is 5.20. The normalized spacial score (nSPS) is 16.2. The van der Waals surface area contributed by atoms with Crippen LogP contribution in [0.15, 0.2) is 42.5 Å². The number of carbonyl (C=O) groups is 2. The molecule has 3 rings (SSSR count). The molecule has 0 radical (unpaired) electrons. The number of benzene rings is 2. The lowest BCUT2D eigenvalue weighted by Crippen LogP contribution is -2.51. The Kier molecular flexibility index (Phi) is 6.85. The van der Waals surface area contributed by atoms with Gasteiger partial charge in [-0.1, -0.05) is 30.3 Å². The van der Waals surface area contributed by atoms with Crippen LogP contribution in [0.1, 0.15) is 43.5 Å². The smallest absolute Gasteiger partial charge is 0.321 e. The fraction of sp³-hybridized carbons (Fsp3) is 0.417. The van der Waals surface area contributed by atoms with Gasteiger partial charge in [-0.2, -0.15) is 0 Å². The van der Waals surface area contributed by atoms with Gasteiger partial charge in [0, 0.05) is 12.1 Å². The average molecular weight is 426 g/mol. The molecule has 3 amide bonds.